The topological polar surface area (TPSA) is 92.4 Å². The average Bonchev–Trinajstić information content (AvgIpc) is 2.58. The lowest BCUT2D eigenvalue weighted by atomic mass is 10.0. The SMILES string of the molecule is Cc1cc(-c2ccc(=O)[nH]n2)cc(S(=O)(=O)N2CCOCC2)c1C. The summed E-state index contributed by atoms with van der Waals surface area (Å²) in [7, 11) is -3.60. The maximum atomic E-state index is 13.0. The average molecular weight is 349 g/mol. The second-order valence-corrected chi connectivity index (χ2v) is 7.65. The first-order valence-electron chi connectivity index (χ1n) is 7.65. The van der Waals surface area contributed by atoms with Crippen molar-refractivity contribution < 1.29 is 13.2 Å². The zero-order valence-corrected chi connectivity index (χ0v) is 14.4. The minimum Gasteiger partial charge on any atom is -0.379 e. The largest absolute Gasteiger partial charge is 0.379 e. The van der Waals surface area contributed by atoms with Crippen LogP contribution in [0.5, 0.6) is 0 Å². The number of benzene rings is 1. The summed E-state index contributed by atoms with van der Waals surface area (Å²) in [6, 6.07) is 6.43. The van der Waals surface area contributed by atoms with Crippen molar-refractivity contribution in [1.29, 1.82) is 0 Å². The maximum Gasteiger partial charge on any atom is 0.264 e. The van der Waals surface area contributed by atoms with E-state index < -0.39 is 10.0 Å². The molecule has 0 aliphatic carbocycles. The van der Waals surface area contributed by atoms with Gasteiger partial charge in [0.05, 0.1) is 23.8 Å². The smallest absolute Gasteiger partial charge is 0.264 e. The van der Waals surface area contributed by atoms with Gasteiger partial charge in [0.25, 0.3) is 5.56 Å². The minimum absolute atomic E-state index is 0.271. The molecule has 2 heterocycles. The van der Waals surface area contributed by atoms with Gasteiger partial charge in [-0.15, -0.1) is 0 Å². The van der Waals surface area contributed by atoms with E-state index >= 15 is 0 Å². The van der Waals surface area contributed by atoms with Crippen LogP contribution < -0.4 is 5.56 Å². The van der Waals surface area contributed by atoms with E-state index in [1.807, 2.05) is 13.0 Å². The third-order valence-electron chi connectivity index (χ3n) is 4.18. The lowest BCUT2D eigenvalue weighted by Crippen LogP contribution is -2.40. The molecule has 0 spiro atoms. The summed E-state index contributed by atoms with van der Waals surface area (Å²) in [5, 5.41) is 6.36. The summed E-state index contributed by atoms with van der Waals surface area (Å²) in [4.78, 5) is 11.4. The van der Waals surface area contributed by atoms with E-state index in [1.54, 1.807) is 19.1 Å². The third kappa shape index (κ3) is 3.12. The number of nitrogens with zero attached hydrogens (tertiary/aromatic N) is 2. The van der Waals surface area contributed by atoms with Crippen molar-refractivity contribution in [3.8, 4) is 11.3 Å². The van der Waals surface area contributed by atoms with Gasteiger partial charge in [-0.2, -0.15) is 9.40 Å². The Hall–Kier alpha value is -2.03. The van der Waals surface area contributed by atoms with Crippen LogP contribution in [0.1, 0.15) is 11.1 Å². The molecule has 1 aromatic heterocycles. The molecule has 1 N–H and O–H groups in total. The molecule has 0 saturated carbocycles. The molecule has 128 valence electrons. The summed E-state index contributed by atoms with van der Waals surface area (Å²) >= 11 is 0. The second-order valence-electron chi connectivity index (χ2n) is 5.74. The molecule has 1 saturated heterocycles. The Morgan fingerprint density at radius 2 is 1.88 bits per heavy atom. The van der Waals surface area contributed by atoms with Crippen molar-refractivity contribution in [3.05, 3.63) is 45.7 Å². The van der Waals surface area contributed by atoms with Crippen LogP contribution in [0.15, 0.2) is 34.0 Å². The Balaban J connectivity index is 2.10. The highest BCUT2D eigenvalue weighted by molar-refractivity contribution is 7.89. The number of hydrogen-bond acceptors (Lipinski definition) is 5. The lowest BCUT2D eigenvalue weighted by Gasteiger charge is -2.27. The van der Waals surface area contributed by atoms with Gasteiger partial charge in [0.2, 0.25) is 10.0 Å². The lowest BCUT2D eigenvalue weighted by molar-refractivity contribution is 0.0730. The number of ether oxygens (including phenoxy) is 1. The Morgan fingerprint density at radius 1 is 1.17 bits per heavy atom. The summed E-state index contributed by atoms with van der Waals surface area (Å²) in [6.07, 6.45) is 0. The highest BCUT2D eigenvalue weighted by Crippen LogP contribution is 2.28. The van der Waals surface area contributed by atoms with Gasteiger partial charge in [-0.1, -0.05) is 0 Å². The first kappa shape index (κ1) is 16.8. The predicted molar refractivity (Wildman–Crippen MR) is 89.3 cm³/mol. The molecule has 1 aromatic carbocycles. The third-order valence-corrected chi connectivity index (χ3v) is 6.21. The molecule has 1 fully saturated rings. The van der Waals surface area contributed by atoms with Crippen molar-refractivity contribution >= 4 is 10.0 Å². The molecule has 8 heteroatoms. The number of hydrogen-bond donors (Lipinski definition) is 1. The van der Waals surface area contributed by atoms with Crippen LogP contribution in [0, 0.1) is 13.8 Å². The van der Waals surface area contributed by atoms with Crippen LogP contribution in [0.3, 0.4) is 0 Å². The molecule has 2 aromatic rings. The Labute approximate surface area is 140 Å². The van der Waals surface area contributed by atoms with Crippen LogP contribution in [0.2, 0.25) is 0 Å². The quantitative estimate of drug-likeness (QED) is 0.895. The van der Waals surface area contributed by atoms with Gasteiger partial charge in [-0.3, -0.25) is 4.79 Å². The van der Waals surface area contributed by atoms with E-state index in [-0.39, 0.29) is 10.5 Å². The van der Waals surface area contributed by atoms with Gasteiger partial charge in [0.1, 0.15) is 0 Å². The number of rotatable bonds is 3. The first-order chi connectivity index (χ1) is 11.4. The van der Waals surface area contributed by atoms with Crippen molar-refractivity contribution in [1.82, 2.24) is 14.5 Å². The minimum atomic E-state index is -3.60. The maximum absolute atomic E-state index is 13.0. The van der Waals surface area contributed by atoms with Crippen LogP contribution in [-0.2, 0) is 14.8 Å². The predicted octanol–water partition coefficient (Wildman–Crippen LogP) is 1.07. The molecule has 0 unspecified atom stereocenters. The standard InChI is InChI=1S/C16H19N3O4S/c1-11-9-13(14-3-4-16(20)18-17-14)10-15(12(11)2)24(21,22)19-5-7-23-8-6-19/h3-4,9-10H,5-8H2,1-2H3,(H,18,20). The summed E-state index contributed by atoms with van der Waals surface area (Å²) in [6.45, 7) is 5.16. The molecule has 3 rings (SSSR count). The van der Waals surface area contributed by atoms with Crippen molar-refractivity contribution in [3.63, 3.8) is 0 Å². The number of aromatic nitrogens is 2. The van der Waals surface area contributed by atoms with Crippen molar-refractivity contribution in [2.45, 2.75) is 18.7 Å². The fraction of sp³-hybridized carbons (Fsp3) is 0.375. The fourth-order valence-electron chi connectivity index (χ4n) is 2.67. The van der Waals surface area contributed by atoms with E-state index in [0.29, 0.717) is 37.6 Å². The van der Waals surface area contributed by atoms with Crippen LogP contribution in [-0.4, -0.2) is 49.2 Å². The Kier molecular flexibility index (Phi) is 4.53. The van der Waals surface area contributed by atoms with Gasteiger partial charge in [0, 0.05) is 24.7 Å². The molecular formula is C16H19N3O4S. The number of aryl methyl sites for hydroxylation is 1. The second kappa shape index (κ2) is 6.46. The van der Waals surface area contributed by atoms with E-state index in [0.717, 1.165) is 11.1 Å². The number of aromatic amines is 1. The molecular weight excluding hydrogens is 330 g/mol. The zero-order chi connectivity index (χ0) is 17.3. The van der Waals surface area contributed by atoms with Gasteiger partial charge in [-0.25, -0.2) is 13.5 Å². The highest BCUT2D eigenvalue weighted by Gasteiger charge is 2.28. The van der Waals surface area contributed by atoms with Crippen molar-refractivity contribution in [2.75, 3.05) is 26.3 Å². The monoisotopic (exact) mass is 349 g/mol. The molecule has 1 aliphatic heterocycles. The number of H-pyrrole nitrogens is 1. The summed E-state index contributed by atoms with van der Waals surface area (Å²) < 4.78 is 32.7. The van der Waals surface area contributed by atoms with Gasteiger partial charge < -0.3 is 4.74 Å². The Bertz CT molecular complexity index is 895. The Morgan fingerprint density at radius 3 is 2.50 bits per heavy atom. The van der Waals surface area contributed by atoms with Crippen LogP contribution >= 0.6 is 0 Å². The molecule has 0 atom stereocenters. The molecule has 0 amide bonds. The number of nitrogens with one attached hydrogen (secondary N) is 1. The molecule has 24 heavy (non-hydrogen) atoms. The number of sulfonamides is 1. The summed E-state index contributed by atoms with van der Waals surface area (Å²) in [5.41, 5.74) is 2.45. The van der Waals surface area contributed by atoms with E-state index in [1.165, 1.54) is 10.4 Å². The molecule has 0 radical (unpaired) electrons. The molecule has 1 aliphatic rings. The molecule has 0 bridgehead atoms. The van der Waals surface area contributed by atoms with Gasteiger partial charge in [-0.05, 0) is 43.2 Å². The van der Waals surface area contributed by atoms with E-state index in [2.05, 4.69) is 10.2 Å². The highest BCUT2D eigenvalue weighted by atomic mass is 32.2. The van der Waals surface area contributed by atoms with Crippen LogP contribution in [0.25, 0.3) is 11.3 Å². The van der Waals surface area contributed by atoms with E-state index in [9.17, 15) is 13.2 Å². The summed E-state index contributed by atoms with van der Waals surface area (Å²) in [5.74, 6) is 0. The molecule has 7 nitrogen and oxygen atoms in total. The van der Waals surface area contributed by atoms with Gasteiger partial charge in [0.15, 0.2) is 0 Å². The number of morpholine rings is 1. The van der Waals surface area contributed by atoms with Crippen molar-refractivity contribution in [2.24, 2.45) is 0 Å². The zero-order valence-electron chi connectivity index (χ0n) is 13.6. The van der Waals surface area contributed by atoms with Crippen LogP contribution in [0.4, 0.5) is 0 Å². The van der Waals surface area contributed by atoms with Gasteiger partial charge >= 0.3 is 0 Å². The van der Waals surface area contributed by atoms with E-state index in [4.69, 9.17) is 4.74 Å². The fourth-order valence-corrected chi connectivity index (χ4v) is 4.41. The first-order valence-corrected chi connectivity index (χ1v) is 9.09. The normalized spacial score (nSPS) is 16.2.